The molecule has 1 aromatic carbocycles. The van der Waals surface area contributed by atoms with Crippen molar-refractivity contribution in [1.29, 1.82) is 0 Å². The van der Waals surface area contributed by atoms with Crippen LogP contribution < -0.4 is 4.90 Å². The molecule has 0 spiro atoms. The maximum Gasteiger partial charge on any atom is 0.338 e. The van der Waals surface area contributed by atoms with Gasteiger partial charge in [-0.15, -0.1) is 0 Å². The Balaban J connectivity index is 1.84. The molecule has 3 amide bonds. The third-order valence-electron chi connectivity index (χ3n) is 5.99. The molecule has 0 N–H and O–H groups in total. The second-order valence-corrected chi connectivity index (χ2v) is 9.27. The van der Waals surface area contributed by atoms with Gasteiger partial charge < -0.3 is 9.64 Å². The van der Waals surface area contributed by atoms with Crippen LogP contribution in [0.5, 0.6) is 0 Å². The van der Waals surface area contributed by atoms with Gasteiger partial charge >= 0.3 is 5.97 Å². The smallest absolute Gasteiger partial charge is 0.338 e. The maximum absolute atomic E-state index is 13.4. The summed E-state index contributed by atoms with van der Waals surface area (Å²) in [6.45, 7) is 7.71. The minimum absolute atomic E-state index is 0.0298. The fraction of sp³-hybridized carbons (Fsp3) is 0.583. The number of rotatable bonds is 5. The molecule has 3 rings (SSSR count). The van der Waals surface area contributed by atoms with Gasteiger partial charge in [-0.1, -0.05) is 19.3 Å². The van der Waals surface area contributed by atoms with Crippen LogP contribution in [0.3, 0.4) is 0 Å². The highest BCUT2D eigenvalue weighted by Gasteiger charge is 2.48. The molecule has 0 bridgehead atoms. The van der Waals surface area contributed by atoms with Gasteiger partial charge in [0.15, 0.2) is 0 Å². The van der Waals surface area contributed by atoms with Gasteiger partial charge in [-0.2, -0.15) is 0 Å². The van der Waals surface area contributed by atoms with E-state index in [4.69, 9.17) is 4.74 Å². The number of carbonyl (C=O) groups excluding carboxylic acids is 4. The van der Waals surface area contributed by atoms with Crippen molar-refractivity contribution in [2.24, 2.45) is 5.92 Å². The van der Waals surface area contributed by atoms with Crippen molar-refractivity contribution >= 4 is 29.4 Å². The summed E-state index contributed by atoms with van der Waals surface area (Å²) in [5, 5.41) is 0. The molecule has 1 saturated heterocycles. The van der Waals surface area contributed by atoms with Crippen LogP contribution in [0.1, 0.15) is 76.6 Å². The quantitative estimate of drug-likeness (QED) is 0.527. The monoisotopic (exact) mass is 428 g/mol. The van der Waals surface area contributed by atoms with E-state index in [1.165, 1.54) is 12.1 Å². The lowest BCUT2D eigenvalue weighted by molar-refractivity contribution is -0.148. The largest absolute Gasteiger partial charge is 0.462 e. The topological polar surface area (TPSA) is 84.0 Å². The Morgan fingerprint density at radius 1 is 1.06 bits per heavy atom. The molecule has 1 atom stereocenters. The Morgan fingerprint density at radius 3 is 2.23 bits per heavy atom. The molecule has 7 heteroatoms. The number of anilines is 1. The van der Waals surface area contributed by atoms with Gasteiger partial charge in [0.05, 0.1) is 24.3 Å². The Labute approximate surface area is 183 Å². The summed E-state index contributed by atoms with van der Waals surface area (Å²) in [5.41, 5.74) is 0.161. The van der Waals surface area contributed by atoms with E-state index in [9.17, 15) is 19.2 Å². The van der Waals surface area contributed by atoms with E-state index in [0.29, 0.717) is 11.3 Å². The second-order valence-electron chi connectivity index (χ2n) is 9.27. The van der Waals surface area contributed by atoms with Crippen LogP contribution in [0.4, 0.5) is 5.69 Å². The normalized spacial score (nSPS) is 20.1. The lowest BCUT2D eigenvalue weighted by Gasteiger charge is -2.41. The molecule has 1 saturated carbocycles. The molecule has 2 aliphatic rings. The fourth-order valence-corrected chi connectivity index (χ4v) is 4.55. The van der Waals surface area contributed by atoms with E-state index in [1.54, 1.807) is 24.0 Å². The summed E-state index contributed by atoms with van der Waals surface area (Å²) >= 11 is 0. The number of ether oxygens (including phenoxy) is 1. The first-order valence-corrected chi connectivity index (χ1v) is 11.1. The number of carbonyl (C=O) groups is 4. The van der Waals surface area contributed by atoms with Gasteiger partial charge in [0.25, 0.3) is 5.91 Å². The minimum Gasteiger partial charge on any atom is -0.462 e. The van der Waals surface area contributed by atoms with Crippen molar-refractivity contribution in [2.45, 2.75) is 77.8 Å². The highest BCUT2D eigenvalue weighted by Crippen LogP contribution is 2.34. The average Bonchev–Trinajstić information content (AvgIpc) is 3.01. The third-order valence-corrected chi connectivity index (χ3v) is 5.99. The average molecular weight is 429 g/mol. The van der Waals surface area contributed by atoms with Crippen molar-refractivity contribution in [1.82, 2.24) is 4.90 Å². The number of imide groups is 1. The first-order chi connectivity index (χ1) is 14.6. The predicted molar refractivity (Wildman–Crippen MR) is 116 cm³/mol. The van der Waals surface area contributed by atoms with Gasteiger partial charge in [0, 0.05) is 11.5 Å². The number of benzene rings is 1. The molecule has 1 aliphatic carbocycles. The SMILES string of the molecule is CCOC(=O)c1ccc(N2C(=O)CC(N(C(=O)C3CCCCC3)C(C)(C)C)C2=O)cc1. The van der Waals surface area contributed by atoms with Gasteiger partial charge in [-0.3, -0.25) is 14.4 Å². The van der Waals surface area contributed by atoms with E-state index in [-0.39, 0.29) is 30.8 Å². The van der Waals surface area contributed by atoms with Crippen LogP contribution in [0.2, 0.25) is 0 Å². The van der Waals surface area contributed by atoms with Crippen LogP contribution >= 0.6 is 0 Å². The first-order valence-electron chi connectivity index (χ1n) is 11.1. The predicted octanol–water partition coefficient (Wildman–Crippen LogP) is 3.70. The van der Waals surface area contributed by atoms with Crippen molar-refractivity contribution in [3.05, 3.63) is 29.8 Å². The summed E-state index contributed by atoms with van der Waals surface area (Å²) in [6, 6.07) is 5.39. The minimum atomic E-state index is -0.813. The summed E-state index contributed by atoms with van der Waals surface area (Å²) in [6.07, 6.45) is 4.80. The lowest BCUT2D eigenvalue weighted by Crippen LogP contribution is -2.56. The molecule has 168 valence electrons. The van der Waals surface area contributed by atoms with Crippen molar-refractivity contribution in [3.8, 4) is 0 Å². The Kier molecular flexibility index (Phi) is 6.82. The molecule has 1 aromatic rings. The highest BCUT2D eigenvalue weighted by molar-refractivity contribution is 6.23. The van der Waals surface area contributed by atoms with Crippen LogP contribution in [-0.4, -0.2) is 46.8 Å². The van der Waals surface area contributed by atoms with Crippen molar-refractivity contribution in [3.63, 3.8) is 0 Å². The van der Waals surface area contributed by atoms with E-state index in [2.05, 4.69) is 0 Å². The number of hydrogen-bond acceptors (Lipinski definition) is 5. The van der Waals surface area contributed by atoms with Gasteiger partial charge in [0.2, 0.25) is 11.8 Å². The summed E-state index contributed by atoms with van der Waals surface area (Å²) in [5.74, 6) is -1.31. The third kappa shape index (κ3) is 4.81. The zero-order chi connectivity index (χ0) is 22.8. The number of amides is 3. The Morgan fingerprint density at radius 2 is 1.68 bits per heavy atom. The molecule has 1 heterocycles. The molecular weight excluding hydrogens is 396 g/mol. The molecule has 1 unspecified atom stereocenters. The summed E-state index contributed by atoms with van der Waals surface area (Å²) < 4.78 is 4.97. The van der Waals surface area contributed by atoms with E-state index < -0.39 is 23.5 Å². The second kappa shape index (κ2) is 9.20. The van der Waals surface area contributed by atoms with Crippen molar-refractivity contribution in [2.75, 3.05) is 11.5 Å². The molecular formula is C24H32N2O5. The number of hydrogen-bond donors (Lipinski definition) is 0. The molecule has 2 fully saturated rings. The number of nitrogens with zero attached hydrogens (tertiary/aromatic N) is 2. The van der Waals surface area contributed by atoms with Crippen molar-refractivity contribution < 1.29 is 23.9 Å². The zero-order valence-corrected chi connectivity index (χ0v) is 18.8. The van der Waals surface area contributed by atoms with Crippen LogP contribution in [-0.2, 0) is 19.1 Å². The zero-order valence-electron chi connectivity index (χ0n) is 18.8. The molecule has 0 radical (unpaired) electrons. The maximum atomic E-state index is 13.4. The first kappa shape index (κ1) is 23.0. The van der Waals surface area contributed by atoms with E-state index in [1.807, 2.05) is 20.8 Å². The summed E-state index contributed by atoms with van der Waals surface area (Å²) in [4.78, 5) is 54.2. The Bertz CT molecular complexity index is 850. The molecule has 31 heavy (non-hydrogen) atoms. The van der Waals surface area contributed by atoms with Crippen LogP contribution in [0, 0.1) is 5.92 Å². The standard InChI is InChI=1S/C24H32N2O5/c1-5-31-23(30)17-11-13-18(14-12-17)25-20(27)15-19(22(25)29)26(24(2,3)4)21(28)16-9-7-6-8-10-16/h11-14,16,19H,5-10,15H2,1-4H3. The van der Waals surface area contributed by atoms with Crippen LogP contribution in [0.25, 0.3) is 0 Å². The van der Waals surface area contributed by atoms with Crippen LogP contribution in [0.15, 0.2) is 24.3 Å². The van der Waals surface area contributed by atoms with E-state index in [0.717, 1.165) is 37.0 Å². The van der Waals surface area contributed by atoms with E-state index >= 15 is 0 Å². The number of esters is 1. The Hall–Kier alpha value is -2.70. The highest BCUT2D eigenvalue weighted by atomic mass is 16.5. The lowest BCUT2D eigenvalue weighted by atomic mass is 9.86. The van der Waals surface area contributed by atoms with Gasteiger partial charge in [-0.05, 0) is 64.8 Å². The molecule has 1 aliphatic heterocycles. The molecule has 0 aromatic heterocycles. The van der Waals surface area contributed by atoms with Gasteiger partial charge in [0.1, 0.15) is 6.04 Å². The summed E-state index contributed by atoms with van der Waals surface area (Å²) in [7, 11) is 0. The van der Waals surface area contributed by atoms with Gasteiger partial charge in [-0.25, -0.2) is 9.69 Å². The fourth-order valence-electron chi connectivity index (χ4n) is 4.55. The molecule has 7 nitrogen and oxygen atoms in total.